The zero-order chi connectivity index (χ0) is 22.7. The minimum Gasteiger partial charge on any atom is -0.508 e. The Morgan fingerprint density at radius 1 is 0.969 bits per heavy atom. The van der Waals surface area contributed by atoms with E-state index >= 15 is 0 Å². The number of hydrogen-bond donors (Lipinski definition) is 2. The van der Waals surface area contributed by atoms with Gasteiger partial charge in [-0.1, -0.05) is 18.2 Å². The van der Waals surface area contributed by atoms with Gasteiger partial charge in [-0.15, -0.1) is 0 Å². The lowest BCUT2D eigenvalue weighted by molar-refractivity contribution is 0.0712. The summed E-state index contributed by atoms with van der Waals surface area (Å²) in [5, 5.41) is 9.45. The number of amides is 1. The Kier molecular flexibility index (Phi) is 6.14. The molecule has 6 nitrogen and oxygen atoms in total. The molecule has 0 aromatic heterocycles. The molecule has 1 saturated heterocycles. The number of hydrogen-bond acceptors (Lipinski definition) is 4. The van der Waals surface area contributed by atoms with Crippen LogP contribution in [0.4, 0.5) is 10.1 Å². The third-order valence-corrected chi connectivity index (χ3v) is 7.01. The van der Waals surface area contributed by atoms with Gasteiger partial charge in [-0.2, -0.15) is 0 Å². The standard InChI is InChI=1S/C24H23FN2O4S/c25-20-6-8-21(9-7-20)26-32(30,31)23-3-1-2-19(16-23)24(29)27-14-12-18(13-15-27)17-4-10-22(28)11-5-17/h1-11,16,18,26,28H,12-15H2. The smallest absolute Gasteiger partial charge is 0.261 e. The Bertz CT molecular complexity index is 1200. The highest BCUT2D eigenvalue weighted by atomic mass is 32.2. The first-order valence-electron chi connectivity index (χ1n) is 10.3. The summed E-state index contributed by atoms with van der Waals surface area (Å²) in [4.78, 5) is 14.7. The van der Waals surface area contributed by atoms with Crippen LogP contribution in [0.25, 0.3) is 0 Å². The molecule has 0 atom stereocenters. The summed E-state index contributed by atoms with van der Waals surface area (Å²) in [6.45, 7) is 1.13. The summed E-state index contributed by atoms with van der Waals surface area (Å²) < 4.78 is 40.9. The summed E-state index contributed by atoms with van der Waals surface area (Å²) in [6, 6.07) is 18.1. The molecule has 3 aromatic carbocycles. The van der Waals surface area contributed by atoms with Crippen LogP contribution in [0, 0.1) is 5.82 Å². The molecule has 1 aliphatic rings. The maximum Gasteiger partial charge on any atom is 0.261 e. The van der Waals surface area contributed by atoms with Crippen LogP contribution in [0.3, 0.4) is 0 Å². The molecule has 0 saturated carbocycles. The van der Waals surface area contributed by atoms with E-state index in [1.54, 1.807) is 23.1 Å². The van der Waals surface area contributed by atoms with E-state index in [9.17, 15) is 22.7 Å². The Balaban J connectivity index is 1.44. The van der Waals surface area contributed by atoms with Gasteiger partial charge >= 0.3 is 0 Å². The first-order chi connectivity index (χ1) is 15.3. The van der Waals surface area contributed by atoms with Gasteiger partial charge in [0.25, 0.3) is 15.9 Å². The summed E-state index contributed by atoms with van der Waals surface area (Å²) >= 11 is 0. The molecule has 1 amide bonds. The van der Waals surface area contributed by atoms with Crippen molar-refractivity contribution >= 4 is 21.6 Å². The van der Waals surface area contributed by atoms with Crippen LogP contribution in [-0.2, 0) is 10.0 Å². The van der Waals surface area contributed by atoms with Crippen molar-refractivity contribution in [1.82, 2.24) is 4.90 Å². The lowest BCUT2D eigenvalue weighted by Crippen LogP contribution is -2.38. The third-order valence-electron chi connectivity index (χ3n) is 5.63. The molecule has 1 aliphatic heterocycles. The fourth-order valence-corrected chi connectivity index (χ4v) is 4.98. The van der Waals surface area contributed by atoms with Crippen LogP contribution in [0.2, 0.25) is 0 Å². The predicted molar refractivity (Wildman–Crippen MR) is 120 cm³/mol. The number of piperidine rings is 1. The monoisotopic (exact) mass is 454 g/mol. The van der Waals surface area contributed by atoms with Crippen molar-refractivity contribution in [2.24, 2.45) is 0 Å². The van der Waals surface area contributed by atoms with Crippen LogP contribution >= 0.6 is 0 Å². The van der Waals surface area contributed by atoms with E-state index in [2.05, 4.69) is 4.72 Å². The minimum atomic E-state index is -3.92. The SMILES string of the molecule is O=C(c1cccc(S(=O)(=O)Nc2ccc(F)cc2)c1)N1CCC(c2ccc(O)cc2)CC1. The molecule has 0 spiro atoms. The van der Waals surface area contributed by atoms with Gasteiger partial charge in [-0.05, 0) is 78.9 Å². The lowest BCUT2D eigenvalue weighted by atomic mass is 9.89. The Labute approximate surface area is 186 Å². The highest BCUT2D eigenvalue weighted by Gasteiger charge is 2.25. The van der Waals surface area contributed by atoms with Crippen molar-refractivity contribution in [2.75, 3.05) is 17.8 Å². The van der Waals surface area contributed by atoms with Crippen LogP contribution < -0.4 is 4.72 Å². The van der Waals surface area contributed by atoms with E-state index in [-0.39, 0.29) is 22.2 Å². The van der Waals surface area contributed by atoms with E-state index in [1.165, 1.54) is 42.5 Å². The Morgan fingerprint density at radius 2 is 1.62 bits per heavy atom. The zero-order valence-corrected chi connectivity index (χ0v) is 18.1. The highest BCUT2D eigenvalue weighted by Crippen LogP contribution is 2.30. The number of carbonyl (C=O) groups excluding carboxylic acids is 1. The van der Waals surface area contributed by atoms with Gasteiger partial charge in [0.15, 0.2) is 0 Å². The molecular formula is C24H23FN2O4S. The molecule has 0 aliphatic carbocycles. The zero-order valence-electron chi connectivity index (χ0n) is 17.2. The number of anilines is 1. The van der Waals surface area contributed by atoms with Crippen molar-refractivity contribution in [2.45, 2.75) is 23.7 Å². The Hall–Kier alpha value is -3.39. The predicted octanol–water partition coefficient (Wildman–Crippen LogP) is 4.35. The second-order valence-electron chi connectivity index (χ2n) is 7.80. The van der Waals surface area contributed by atoms with Gasteiger partial charge < -0.3 is 10.0 Å². The van der Waals surface area contributed by atoms with Crippen molar-refractivity contribution in [3.8, 4) is 5.75 Å². The molecule has 0 unspecified atom stereocenters. The van der Waals surface area contributed by atoms with Gasteiger partial charge in [0.05, 0.1) is 4.90 Å². The average Bonchev–Trinajstić information content (AvgIpc) is 2.81. The van der Waals surface area contributed by atoms with E-state index in [4.69, 9.17) is 0 Å². The molecular weight excluding hydrogens is 431 g/mol. The Morgan fingerprint density at radius 3 is 2.28 bits per heavy atom. The molecule has 4 rings (SSSR count). The van der Waals surface area contributed by atoms with Gasteiger partial charge in [-0.25, -0.2) is 12.8 Å². The minimum absolute atomic E-state index is 0.0355. The van der Waals surface area contributed by atoms with E-state index in [1.807, 2.05) is 12.1 Å². The number of sulfonamides is 1. The molecule has 8 heteroatoms. The van der Waals surface area contributed by atoms with Gasteiger partial charge in [0.2, 0.25) is 0 Å². The van der Waals surface area contributed by atoms with E-state index in [0.717, 1.165) is 18.4 Å². The molecule has 0 radical (unpaired) electrons. The maximum absolute atomic E-state index is 13.1. The maximum atomic E-state index is 13.1. The fraction of sp³-hybridized carbons (Fsp3) is 0.208. The van der Waals surface area contributed by atoms with Crippen LogP contribution in [-0.4, -0.2) is 37.4 Å². The van der Waals surface area contributed by atoms with Crippen molar-refractivity contribution in [1.29, 1.82) is 0 Å². The highest BCUT2D eigenvalue weighted by molar-refractivity contribution is 7.92. The number of likely N-dealkylation sites (tertiary alicyclic amines) is 1. The summed E-state index contributed by atoms with van der Waals surface area (Å²) in [5.74, 6) is -0.140. The number of halogens is 1. The number of phenolic OH excluding ortho intramolecular Hbond substituents is 1. The van der Waals surface area contributed by atoms with Gasteiger partial charge in [-0.3, -0.25) is 9.52 Å². The number of rotatable bonds is 5. The first kappa shape index (κ1) is 21.8. The quantitative estimate of drug-likeness (QED) is 0.600. The van der Waals surface area contributed by atoms with E-state index in [0.29, 0.717) is 24.6 Å². The summed E-state index contributed by atoms with van der Waals surface area (Å²) in [6.07, 6.45) is 1.58. The molecule has 1 heterocycles. The van der Waals surface area contributed by atoms with E-state index < -0.39 is 15.8 Å². The molecule has 32 heavy (non-hydrogen) atoms. The molecule has 0 bridgehead atoms. The second kappa shape index (κ2) is 9.00. The molecule has 3 aromatic rings. The van der Waals surface area contributed by atoms with Crippen LogP contribution in [0.5, 0.6) is 5.75 Å². The van der Waals surface area contributed by atoms with Crippen molar-refractivity contribution in [3.63, 3.8) is 0 Å². The van der Waals surface area contributed by atoms with Crippen molar-refractivity contribution < 1.29 is 22.7 Å². The van der Waals surface area contributed by atoms with Crippen LogP contribution in [0.1, 0.15) is 34.7 Å². The van der Waals surface area contributed by atoms with Crippen molar-refractivity contribution in [3.05, 3.63) is 89.7 Å². The topological polar surface area (TPSA) is 86.7 Å². The number of aromatic hydroxyl groups is 1. The largest absolute Gasteiger partial charge is 0.508 e. The third kappa shape index (κ3) is 4.91. The number of nitrogens with one attached hydrogen (secondary N) is 1. The fourth-order valence-electron chi connectivity index (χ4n) is 3.87. The number of benzene rings is 3. The average molecular weight is 455 g/mol. The van der Waals surface area contributed by atoms with Gasteiger partial charge in [0, 0.05) is 24.3 Å². The van der Waals surface area contributed by atoms with Gasteiger partial charge in [0.1, 0.15) is 11.6 Å². The number of carbonyl (C=O) groups is 1. The molecule has 1 fully saturated rings. The first-order valence-corrected chi connectivity index (χ1v) is 11.8. The molecule has 2 N–H and O–H groups in total. The normalized spacial score (nSPS) is 14.8. The lowest BCUT2D eigenvalue weighted by Gasteiger charge is -2.32. The summed E-state index contributed by atoms with van der Waals surface area (Å²) in [5.41, 5.74) is 1.67. The summed E-state index contributed by atoms with van der Waals surface area (Å²) in [7, 11) is -3.92. The number of phenols is 1. The molecule has 166 valence electrons. The number of nitrogens with zero attached hydrogens (tertiary/aromatic N) is 1. The van der Waals surface area contributed by atoms with Crippen LogP contribution in [0.15, 0.2) is 77.7 Å². The second-order valence-corrected chi connectivity index (χ2v) is 9.48.